The van der Waals surface area contributed by atoms with Crippen molar-refractivity contribution < 1.29 is 4.79 Å². The number of hydrogen-bond acceptors (Lipinski definition) is 3. The third-order valence-corrected chi connectivity index (χ3v) is 6.24. The van der Waals surface area contributed by atoms with Crippen molar-refractivity contribution >= 4 is 5.91 Å². The van der Waals surface area contributed by atoms with E-state index in [1.165, 1.54) is 23.2 Å². The lowest BCUT2D eigenvalue weighted by molar-refractivity contribution is -0.139. The van der Waals surface area contributed by atoms with Crippen LogP contribution in [0.15, 0.2) is 30.3 Å². The van der Waals surface area contributed by atoms with E-state index < -0.39 is 0 Å². The summed E-state index contributed by atoms with van der Waals surface area (Å²) in [5.74, 6) is 0.640. The fraction of sp³-hybridized carbons (Fsp3) is 0.524. The summed E-state index contributed by atoms with van der Waals surface area (Å²) in [6, 6.07) is 11.4. The Morgan fingerprint density at radius 3 is 2.62 bits per heavy atom. The highest BCUT2D eigenvalue weighted by molar-refractivity contribution is 5.79. The van der Waals surface area contributed by atoms with Crippen molar-refractivity contribution in [3.63, 3.8) is 0 Å². The lowest BCUT2D eigenvalue weighted by Gasteiger charge is -2.34. The van der Waals surface area contributed by atoms with Gasteiger partial charge in [-0.15, -0.1) is 0 Å². The first-order valence-electron chi connectivity index (χ1n) is 9.91. The van der Waals surface area contributed by atoms with E-state index in [0.717, 1.165) is 57.6 Å². The minimum Gasteiger partial charge on any atom is -0.335 e. The summed E-state index contributed by atoms with van der Waals surface area (Å²) in [5.41, 5.74) is 5.21. The minimum atomic E-state index is 0.287. The molecule has 5 nitrogen and oxygen atoms in total. The van der Waals surface area contributed by atoms with E-state index in [1.54, 1.807) is 0 Å². The van der Waals surface area contributed by atoms with Crippen molar-refractivity contribution in [2.45, 2.75) is 57.8 Å². The standard InChI is InChI=1S/C21H26N4O/c26-21(15-6-3-7-15)24-8-9-25-20(14-24)12-19(23-25)13-22-18-10-16-4-1-2-5-17(16)11-18/h1-2,4-5,12,15,18,22H,3,6-11,13-14H2. The first kappa shape index (κ1) is 16.1. The first-order valence-corrected chi connectivity index (χ1v) is 9.91. The third kappa shape index (κ3) is 2.94. The summed E-state index contributed by atoms with van der Waals surface area (Å²) >= 11 is 0. The molecule has 2 heterocycles. The SMILES string of the molecule is O=C(C1CCC1)N1CCn2nc(CNC3Cc4ccccc4C3)cc2C1. The number of amides is 1. The van der Waals surface area contributed by atoms with Crippen molar-refractivity contribution in [1.29, 1.82) is 0 Å². The maximum Gasteiger partial charge on any atom is 0.226 e. The van der Waals surface area contributed by atoms with Gasteiger partial charge in [0.2, 0.25) is 5.91 Å². The maximum atomic E-state index is 12.5. The summed E-state index contributed by atoms with van der Waals surface area (Å²) < 4.78 is 2.09. The summed E-state index contributed by atoms with van der Waals surface area (Å²) in [5, 5.41) is 8.42. The Balaban J connectivity index is 1.19. The molecule has 1 fully saturated rings. The van der Waals surface area contributed by atoms with E-state index >= 15 is 0 Å². The normalized spacial score (nSPS) is 19.9. The second kappa shape index (κ2) is 6.54. The van der Waals surface area contributed by atoms with Crippen molar-refractivity contribution in [1.82, 2.24) is 20.0 Å². The van der Waals surface area contributed by atoms with Gasteiger partial charge in [0, 0.05) is 25.0 Å². The van der Waals surface area contributed by atoms with E-state index in [4.69, 9.17) is 5.10 Å². The molecule has 0 radical (unpaired) electrons. The largest absolute Gasteiger partial charge is 0.335 e. The van der Waals surface area contributed by atoms with Crippen LogP contribution in [0.25, 0.3) is 0 Å². The highest BCUT2D eigenvalue weighted by atomic mass is 16.2. The van der Waals surface area contributed by atoms with Gasteiger partial charge in [-0.3, -0.25) is 9.48 Å². The second-order valence-corrected chi connectivity index (χ2v) is 7.99. The van der Waals surface area contributed by atoms with E-state index in [9.17, 15) is 4.79 Å². The molecule has 1 aromatic heterocycles. The molecule has 0 atom stereocenters. The molecule has 5 heteroatoms. The number of nitrogens with one attached hydrogen (secondary N) is 1. The van der Waals surface area contributed by atoms with Gasteiger partial charge in [-0.1, -0.05) is 30.7 Å². The van der Waals surface area contributed by atoms with Gasteiger partial charge in [-0.25, -0.2) is 0 Å². The van der Waals surface area contributed by atoms with Gasteiger partial charge < -0.3 is 10.2 Å². The number of carbonyl (C=O) groups excluding carboxylic acids is 1. The van der Waals surface area contributed by atoms with Crippen LogP contribution in [-0.4, -0.2) is 33.2 Å². The Kier molecular flexibility index (Phi) is 4.04. The molecule has 1 aromatic carbocycles. The number of carbonyl (C=O) groups is 1. The Morgan fingerprint density at radius 2 is 1.92 bits per heavy atom. The quantitative estimate of drug-likeness (QED) is 0.920. The van der Waals surface area contributed by atoms with Gasteiger partial charge in [0.25, 0.3) is 0 Å². The Bertz CT molecular complexity index is 798. The molecule has 1 saturated carbocycles. The zero-order chi connectivity index (χ0) is 17.5. The summed E-state index contributed by atoms with van der Waals surface area (Å²) in [6.45, 7) is 3.14. The van der Waals surface area contributed by atoms with Crippen LogP contribution in [0.5, 0.6) is 0 Å². The number of rotatable bonds is 4. The van der Waals surface area contributed by atoms with Gasteiger partial charge in [0.1, 0.15) is 0 Å². The van der Waals surface area contributed by atoms with E-state index in [0.29, 0.717) is 11.9 Å². The van der Waals surface area contributed by atoms with Crippen LogP contribution < -0.4 is 5.32 Å². The predicted molar refractivity (Wildman–Crippen MR) is 99.5 cm³/mol. The Labute approximate surface area is 154 Å². The molecule has 0 bridgehead atoms. The van der Waals surface area contributed by atoms with Crippen molar-refractivity contribution in [2.24, 2.45) is 5.92 Å². The van der Waals surface area contributed by atoms with E-state index in [-0.39, 0.29) is 5.92 Å². The van der Waals surface area contributed by atoms with Crippen LogP contribution in [-0.2, 0) is 37.3 Å². The predicted octanol–water partition coefficient (Wildman–Crippen LogP) is 2.28. The molecule has 1 N–H and O–H groups in total. The Morgan fingerprint density at radius 1 is 1.15 bits per heavy atom. The molecule has 2 aromatic rings. The number of fused-ring (bicyclic) bond motifs is 2. The molecule has 136 valence electrons. The van der Waals surface area contributed by atoms with Crippen LogP contribution in [0, 0.1) is 5.92 Å². The van der Waals surface area contributed by atoms with Crippen LogP contribution in [0.1, 0.15) is 41.8 Å². The van der Waals surface area contributed by atoms with E-state index in [2.05, 4.69) is 40.3 Å². The highest BCUT2D eigenvalue weighted by Gasteiger charge is 2.31. The zero-order valence-corrected chi connectivity index (χ0v) is 15.2. The zero-order valence-electron chi connectivity index (χ0n) is 15.2. The molecule has 0 spiro atoms. The van der Waals surface area contributed by atoms with Gasteiger partial charge in [0.15, 0.2) is 0 Å². The average molecular weight is 350 g/mol. The van der Waals surface area contributed by atoms with Gasteiger partial charge in [-0.2, -0.15) is 5.10 Å². The van der Waals surface area contributed by atoms with Gasteiger partial charge >= 0.3 is 0 Å². The topological polar surface area (TPSA) is 50.2 Å². The number of nitrogens with zero attached hydrogens (tertiary/aromatic N) is 3. The van der Waals surface area contributed by atoms with Crippen molar-refractivity contribution in [3.8, 4) is 0 Å². The van der Waals surface area contributed by atoms with Crippen LogP contribution in [0.3, 0.4) is 0 Å². The molecule has 5 rings (SSSR count). The molecule has 1 aliphatic heterocycles. The number of hydrogen-bond donors (Lipinski definition) is 1. The van der Waals surface area contributed by atoms with Crippen LogP contribution in [0.2, 0.25) is 0 Å². The van der Waals surface area contributed by atoms with Gasteiger partial charge in [0.05, 0.1) is 24.5 Å². The Hall–Kier alpha value is -2.14. The molecule has 26 heavy (non-hydrogen) atoms. The summed E-state index contributed by atoms with van der Waals surface area (Å²) in [4.78, 5) is 14.5. The molecule has 0 unspecified atom stereocenters. The minimum absolute atomic E-state index is 0.287. The van der Waals surface area contributed by atoms with Crippen molar-refractivity contribution in [2.75, 3.05) is 6.54 Å². The molecular formula is C21H26N4O. The fourth-order valence-corrected chi connectivity index (χ4v) is 4.47. The smallest absolute Gasteiger partial charge is 0.226 e. The lowest BCUT2D eigenvalue weighted by atomic mass is 9.84. The van der Waals surface area contributed by atoms with Gasteiger partial charge in [-0.05, 0) is 42.9 Å². The summed E-state index contributed by atoms with van der Waals surface area (Å²) in [7, 11) is 0. The summed E-state index contributed by atoms with van der Waals surface area (Å²) in [6.07, 6.45) is 5.57. The highest BCUT2D eigenvalue weighted by Crippen LogP contribution is 2.29. The van der Waals surface area contributed by atoms with Crippen LogP contribution >= 0.6 is 0 Å². The number of benzene rings is 1. The maximum absolute atomic E-state index is 12.5. The monoisotopic (exact) mass is 350 g/mol. The fourth-order valence-electron chi connectivity index (χ4n) is 4.47. The molecule has 0 saturated heterocycles. The second-order valence-electron chi connectivity index (χ2n) is 7.99. The van der Waals surface area contributed by atoms with Crippen molar-refractivity contribution in [3.05, 3.63) is 52.8 Å². The average Bonchev–Trinajstić information content (AvgIpc) is 3.20. The molecule has 3 aliphatic rings. The lowest BCUT2D eigenvalue weighted by Crippen LogP contribution is -2.43. The first-order chi connectivity index (χ1) is 12.8. The molecular weight excluding hydrogens is 324 g/mol. The molecule has 1 amide bonds. The van der Waals surface area contributed by atoms with Crippen LogP contribution in [0.4, 0.5) is 0 Å². The molecule has 2 aliphatic carbocycles. The third-order valence-electron chi connectivity index (χ3n) is 6.24. The number of aromatic nitrogens is 2. The van der Waals surface area contributed by atoms with E-state index in [1.807, 2.05) is 4.90 Å².